The minimum Gasteiger partial charge on any atom is -0.466 e. The third-order valence-electron chi connectivity index (χ3n) is 2.35. The fraction of sp³-hybridized carbons (Fsp3) is 0.583. The summed E-state index contributed by atoms with van der Waals surface area (Å²) in [5.74, 6) is 0.421. The first-order valence-corrected chi connectivity index (χ1v) is 6.87. The molecule has 0 N–H and O–H groups in total. The van der Waals surface area contributed by atoms with E-state index in [-0.39, 0.29) is 11.3 Å². The maximum atomic E-state index is 10.7. The summed E-state index contributed by atoms with van der Waals surface area (Å²) in [6.45, 7) is 5.40. The highest BCUT2D eigenvalue weighted by Gasteiger charge is 2.10. The fourth-order valence-corrected chi connectivity index (χ4v) is 2.02. The van der Waals surface area contributed by atoms with Crippen LogP contribution >= 0.6 is 23.2 Å². The van der Waals surface area contributed by atoms with Gasteiger partial charge in [0.1, 0.15) is 11.0 Å². The zero-order chi connectivity index (χ0) is 14.3. The summed E-state index contributed by atoms with van der Waals surface area (Å²) in [6.07, 6.45) is 1.69. The minimum absolute atomic E-state index is 0.128. The van der Waals surface area contributed by atoms with E-state index in [2.05, 4.69) is 16.9 Å². The van der Waals surface area contributed by atoms with E-state index in [1.54, 1.807) is 6.07 Å². The molecule has 7 heteroatoms. The second-order valence-corrected chi connectivity index (χ2v) is 4.72. The summed E-state index contributed by atoms with van der Waals surface area (Å²) in [7, 11) is 0. The van der Waals surface area contributed by atoms with Gasteiger partial charge in [-0.15, -0.1) is 0 Å². The standard InChI is InChI=1S/C12H17Cl2N3O2/c1-3-5-17(6-4-7-19-9(2)18)11-8-10(13)15-12(14)16-11/h8H,3-7H2,1-2H3. The van der Waals surface area contributed by atoms with Gasteiger partial charge in [-0.05, 0) is 24.4 Å². The number of hydrogen-bond donors (Lipinski definition) is 0. The molecule has 0 saturated carbocycles. The zero-order valence-corrected chi connectivity index (χ0v) is 12.5. The van der Waals surface area contributed by atoms with Crippen LogP contribution in [0.1, 0.15) is 26.7 Å². The molecular weight excluding hydrogens is 289 g/mol. The van der Waals surface area contributed by atoms with Crippen molar-refractivity contribution in [1.29, 1.82) is 0 Å². The molecule has 106 valence electrons. The van der Waals surface area contributed by atoms with Gasteiger partial charge in [0.15, 0.2) is 0 Å². The first-order chi connectivity index (χ1) is 9.02. The van der Waals surface area contributed by atoms with Gasteiger partial charge < -0.3 is 9.64 Å². The molecule has 0 unspecified atom stereocenters. The average molecular weight is 306 g/mol. The Morgan fingerprint density at radius 1 is 1.37 bits per heavy atom. The van der Waals surface area contributed by atoms with Crippen molar-refractivity contribution >= 4 is 35.0 Å². The fourth-order valence-electron chi connectivity index (χ4n) is 1.62. The molecule has 0 amide bonds. The topological polar surface area (TPSA) is 55.3 Å². The summed E-state index contributed by atoms with van der Waals surface area (Å²) in [5, 5.41) is 0.444. The van der Waals surface area contributed by atoms with E-state index in [1.807, 2.05) is 4.90 Å². The van der Waals surface area contributed by atoms with Crippen molar-refractivity contribution in [1.82, 2.24) is 9.97 Å². The number of carbonyl (C=O) groups is 1. The van der Waals surface area contributed by atoms with Crippen LogP contribution in [-0.4, -0.2) is 35.6 Å². The van der Waals surface area contributed by atoms with Crippen LogP contribution < -0.4 is 4.90 Å². The normalized spacial score (nSPS) is 10.3. The molecule has 0 radical (unpaired) electrons. The third-order valence-corrected chi connectivity index (χ3v) is 2.71. The average Bonchev–Trinajstić information content (AvgIpc) is 2.31. The van der Waals surface area contributed by atoms with E-state index < -0.39 is 0 Å². The van der Waals surface area contributed by atoms with E-state index in [0.717, 1.165) is 19.4 Å². The van der Waals surface area contributed by atoms with Crippen molar-refractivity contribution in [2.75, 3.05) is 24.6 Å². The molecule has 19 heavy (non-hydrogen) atoms. The second-order valence-electron chi connectivity index (χ2n) is 4.00. The Morgan fingerprint density at radius 3 is 2.68 bits per heavy atom. The molecule has 0 aliphatic rings. The van der Waals surface area contributed by atoms with Crippen LogP contribution in [0.5, 0.6) is 0 Å². The van der Waals surface area contributed by atoms with Gasteiger partial charge in [0.2, 0.25) is 5.28 Å². The van der Waals surface area contributed by atoms with Gasteiger partial charge in [0.05, 0.1) is 6.61 Å². The van der Waals surface area contributed by atoms with Gasteiger partial charge in [-0.2, -0.15) is 0 Å². The molecule has 1 aromatic rings. The lowest BCUT2D eigenvalue weighted by Gasteiger charge is -2.23. The quantitative estimate of drug-likeness (QED) is 0.335. The molecule has 1 rings (SSSR count). The van der Waals surface area contributed by atoms with E-state index >= 15 is 0 Å². The second kappa shape index (κ2) is 8.17. The maximum Gasteiger partial charge on any atom is 0.302 e. The van der Waals surface area contributed by atoms with Crippen molar-refractivity contribution in [3.8, 4) is 0 Å². The molecule has 0 fully saturated rings. The number of ether oxygens (including phenoxy) is 1. The van der Waals surface area contributed by atoms with Gasteiger partial charge >= 0.3 is 5.97 Å². The monoisotopic (exact) mass is 305 g/mol. The van der Waals surface area contributed by atoms with Crippen molar-refractivity contribution in [3.05, 3.63) is 16.5 Å². The number of halogens is 2. The highest BCUT2D eigenvalue weighted by Crippen LogP contribution is 2.18. The Morgan fingerprint density at radius 2 is 2.11 bits per heavy atom. The lowest BCUT2D eigenvalue weighted by Crippen LogP contribution is -2.27. The maximum absolute atomic E-state index is 10.7. The molecule has 1 heterocycles. The van der Waals surface area contributed by atoms with Crippen LogP contribution in [0.3, 0.4) is 0 Å². The number of anilines is 1. The summed E-state index contributed by atoms with van der Waals surface area (Å²) >= 11 is 11.7. The van der Waals surface area contributed by atoms with Crippen LogP contribution in [-0.2, 0) is 9.53 Å². The third kappa shape index (κ3) is 6.07. The molecular formula is C12H17Cl2N3O2. The first kappa shape index (κ1) is 16.0. The Hall–Kier alpha value is -1.07. The molecule has 1 aromatic heterocycles. The summed E-state index contributed by atoms with van der Waals surface area (Å²) in [6, 6.07) is 1.68. The predicted molar refractivity (Wildman–Crippen MR) is 75.8 cm³/mol. The highest BCUT2D eigenvalue weighted by molar-refractivity contribution is 6.32. The van der Waals surface area contributed by atoms with E-state index in [9.17, 15) is 4.79 Å². The van der Waals surface area contributed by atoms with Crippen molar-refractivity contribution < 1.29 is 9.53 Å². The molecule has 0 spiro atoms. The summed E-state index contributed by atoms with van der Waals surface area (Å²) in [5.41, 5.74) is 0. The Bertz CT molecular complexity index is 409. The Balaban J connectivity index is 2.62. The summed E-state index contributed by atoms with van der Waals surface area (Å²) in [4.78, 5) is 20.7. The van der Waals surface area contributed by atoms with Crippen LogP contribution in [0.25, 0.3) is 0 Å². The zero-order valence-electron chi connectivity index (χ0n) is 11.0. The summed E-state index contributed by atoms with van der Waals surface area (Å²) < 4.78 is 4.90. The molecule has 0 aliphatic carbocycles. The smallest absolute Gasteiger partial charge is 0.302 e. The number of hydrogen-bond acceptors (Lipinski definition) is 5. The molecule has 0 atom stereocenters. The molecule has 5 nitrogen and oxygen atoms in total. The van der Waals surface area contributed by atoms with Crippen molar-refractivity contribution in [2.45, 2.75) is 26.7 Å². The van der Waals surface area contributed by atoms with Crippen LogP contribution in [0, 0.1) is 0 Å². The number of aromatic nitrogens is 2. The highest BCUT2D eigenvalue weighted by atomic mass is 35.5. The lowest BCUT2D eigenvalue weighted by atomic mass is 10.3. The number of esters is 1. The van der Waals surface area contributed by atoms with Gasteiger partial charge in [0, 0.05) is 26.1 Å². The van der Waals surface area contributed by atoms with Gasteiger partial charge in [0.25, 0.3) is 0 Å². The van der Waals surface area contributed by atoms with Crippen LogP contribution in [0.4, 0.5) is 5.82 Å². The van der Waals surface area contributed by atoms with Crippen molar-refractivity contribution in [3.63, 3.8) is 0 Å². The Labute approximate surface area is 122 Å². The molecule has 0 aliphatic heterocycles. The number of carbonyl (C=O) groups excluding carboxylic acids is 1. The van der Waals surface area contributed by atoms with Crippen LogP contribution in [0.2, 0.25) is 10.4 Å². The largest absolute Gasteiger partial charge is 0.466 e. The lowest BCUT2D eigenvalue weighted by molar-refractivity contribution is -0.140. The van der Waals surface area contributed by atoms with E-state index in [4.69, 9.17) is 27.9 Å². The van der Waals surface area contributed by atoms with E-state index in [1.165, 1.54) is 6.92 Å². The SMILES string of the molecule is CCCN(CCCOC(C)=O)c1cc(Cl)nc(Cl)n1. The van der Waals surface area contributed by atoms with E-state index in [0.29, 0.717) is 24.1 Å². The van der Waals surface area contributed by atoms with Crippen molar-refractivity contribution in [2.24, 2.45) is 0 Å². The first-order valence-electron chi connectivity index (χ1n) is 6.11. The minimum atomic E-state index is -0.268. The number of rotatable bonds is 7. The molecule has 0 bridgehead atoms. The predicted octanol–water partition coefficient (Wildman–Crippen LogP) is 2.95. The molecule has 0 aromatic carbocycles. The molecule has 0 saturated heterocycles. The Kier molecular flexibility index (Phi) is 6.87. The van der Waals surface area contributed by atoms with Gasteiger partial charge in [-0.3, -0.25) is 4.79 Å². The van der Waals surface area contributed by atoms with Gasteiger partial charge in [-0.25, -0.2) is 9.97 Å². The number of nitrogens with zero attached hydrogens (tertiary/aromatic N) is 3. The van der Waals surface area contributed by atoms with Gasteiger partial charge in [-0.1, -0.05) is 18.5 Å². The van der Waals surface area contributed by atoms with Crippen LogP contribution in [0.15, 0.2) is 6.07 Å².